The van der Waals surface area contributed by atoms with Crippen molar-refractivity contribution < 1.29 is 0 Å². The summed E-state index contributed by atoms with van der Waals surface area (Å²) in [5.41, 5.74) is 4.85. The highest BCUT2D eigenvalue weighted by Crippen LogP contribution is 2.48. The number of nitrogens with one attached hydrogen (secondary N) is 1. The molecule has 1 fully saturated rings. The first-order chi connectivity index (χ1) is 10.6. The Bertz CT molecular complexity index is 722. The minimum absolute atomic E-state index is 0.0881. The van der Waals surface area contributed by atoms with E-state index in [4.69, 9.17) is 4.99 Å². The number of pyridine rings is 1. The van der Waals surface area contributed by atoms with Gasteiger partial charge in [-0.15, -0.1) is 0 Å². The number of thioether (sulfide) groups is 1. The molecule has 1 N–H and O–H groups in total. The zero-order chi connectivity index (χ0) is 15.3. The second kappa shape index (κ2) is 5.16. The molecular weight excluding hydrogens is 292 g/mol. The molecule has 2 aliphatic rings. The van der Waals surface area contributed by atoms with Gasteiger partial charge in [0.05, 0.1) is 11.7 Å². The van der Waals surface area contributed by atoms with Gasteiger partial charge < -0.3 is 9.88 Å². The van der Waals surface area contributed by atoms with Crippen LogP contribution in [0.1, 0.15) is 41.7 Å². The Labute approximate surface area is 135 Å². The molecule has 5 heteroatoms. The van der Waals surface area contributed by atoms with Crippen LogP contribution in [0.15, 0.2) is 35.5 Å². The number of amidine groups is 1. The summed E-state index contributed by atoms with van der Waals surface area (Å²) in [6, 6.07) is 8.71. The van der Waals surface area contributed by atoms with Crippen molar-refractivity contribution >= 4 is 16.9 Å². The van der Waals surface area contributed by atoms with Crippen LogP contribution >= 0.6 is 11.8 Å². The minimum Gasteiger partial charge on any atom is -0.362 e. The van der Waals surface area contributed by atoms with Crippen molar-refractivity contribution in [1.29, 1.82) is 0 Å². The van der Waals surface area contributed by atoms with E-state index in [0.717, 1.165) is 12.2 Å². The lowest BCUT2D eigenvalue weighted by atomic mass is 9.96. The molecule has 0 aliphatic carbocycles. The van der Waals surface area contributed by atoms with E-state index < -0.39 is 0 Å². The van der Waals surface area contributed by atoms with E-state index in [-0.39, 0.29) is 12.1 Å². The summed E-state index contributed by atoms with van der Waals surface area (Å²) in [7, 11) is 0. The quantitative estimate of drug-likeness (QED) is 0.921. The Balaban J connectivity index is 1.80. The van der Waals surface area contributed by atoms with Crippen LogP contribution in [0.2, 0.25) is 0 Å². The molecule has 114 valence electrons. The molecule has 0 amide bonds. The van der Waals surface area contributed by atoms with Crippen LogP contribution < -0.4 is 0 Å². The first-order valence-electron chi connectivity index (χ1n) is 7.71. The maximum atomic E-state index is 5.01. The van der Waals surface area contributed by atoms with Gasteiger partial charge in [-0.1, -0.05) is 24.8 Å². The molecule has 1 saturated heterocycles. The first kappa shape index (κ1) is 13.9. The van der Waals surface area contributed by atoms with Crippen LogP contribution in [0.25, 0.3) is 0 Å². The van der Waals surface area contributed by atoms with Gasteiger partial charge in [0.2, 0.25) is 0 Å². The number of hydrogen-bond donors (Lipinski definition) is 1. The molecule has 2 aromatic heterocycles. The number of hydrogen-bond acceptors (Lipinski definition) is 4. The lowest BCUT2D eigenvalue weighted by molar-refractivity contribution is 0.320. The molecule has 4 nitrogen and oxygen atoms in total. The van der Waals surface area contributed by atoms with E-state index in [0.29, 0.717) is 5.25 Å². The number of rotatable bonds is 2. The lowest BCUT2D eigenvalue weighted by Gasteiger charge is -2.27. The van der Waals surface area contributed by atoms with Crippen LogP contribution in [0.5, 0.6) is 0 Å². The highest BCUT2D eigenvalue weighted by atomic mass is 32.2. The molecule has 0 spiro atoms. The van der Waals surface area contributed by atoms with Crippen molar-refractivity contribution in [3.63, 3.8) is 0 Å². The van der Waals surface area contributed by atoms with E-state index in [1.165, 1.54) is 22.1 Å². The van der Waals surface area contributed by atoms with E-state index in [2.05, 4.69) is 47.8 Å². The Morgan fingerprint density at radius 1 is 1.32 bits per heavy atom. The second-order valence-electron chi connectivity index (χ2n) is 6.17. The predicted molar refractivity (Wildman–Crippen MR) is 91.2 cm³/mol. The van der Waals surface area contributed by atoms with Crippen molar-refractivity contribution in [1.82, 2.24) is 14.9 Å². The molecule has 0 radical (unpaired) electrons. The van der Waals surface area contributed by atoms with Crippen LogP contribution in [-0.4, -0.2) is 31.8 Å². The van der Waals surface area contributed by atoms with Gasteiger partial charge >= 0.3 is 0 Å². The van der Waals surface area contributed by atoms with Gasteiger partial charge in [0.15, 0.2) is 5.17 Å². The van der Waals surface area contributed by atoms with Crippen molar-refractivity contribution in [2.75, 3.05) is 6.54 Å². The smallest absolute Gasteiger partial charge is 0.160 e. The molecular formula is C17H20N4S. The topological polar surface area (TPSA) is 44.3 Å². The van der Waals surface area contributed by atoms with Gasteiger partial charge in [0, 0.05) is 29.4 Å². The molecule has 0 aromatic carbocycles. The number of nitrogens with zero attached hydrogens (tertiary/aromatic N) is 3. The molecule has 0 saturated carbocycles. The lowest BCUT2D eigenvalue weighted by Crippen LogP contribution is -2.28. The number of aryl methyl sites for hydroxylation is 2. The Kier molecular flexibility index (Phi) is 3.26. The molecule has 4 heterocycles. The zero-order valence-corrected chi connectivity index (χ0v) is 13.9. The van der Waals surface area contributed by atoms with Crippen LogP contribution in [0.4, 0.5) is 0 Å². The summed E-state index contributed by atoms with van der Waals surface area (Å²) in [6.07, 6.45) is 1.86. The highest BCUT2D eigenvalue weighted by molar-refractivity contribution is 8.14. The summed E-state index contributed by atoms with van der Waals surface area (Å²) >= 11 is 1.88. The van der Waals surface area contributed by atoms with Gasteiger partial charge in [-0.2, -0.15) is 0 Å². The van der Waals surface area contributed by atoms with E-state index in [1.807, 2.05) is 30.1 Å². The SMILES string of the molecule is Cc1cc(C2C(c3ccccn3)N=C3SC(C)CN32)c(C)[nH]1. The van der Waals surface area contributed by atoms with Gasteiger partial charge in [-0.3, -0.25) is 9.98 Å². The summed E-state index contributed by atoms with van der Waals surface area (Å²) in [6.45, 7) is 7.60. The fourth-order valence-corrected chi connectivity index (χ4v) is 4.60. The van der Waals surface area contributed by atoms with Crippen molar-refractivity contribution in [3.05, 3.63) is 53.1 Å². The minimum atomic E-state index is 0.0881. The van der Waals surface area contributed by atoms with E-state index >= 15 is 0 Å². The van der Waals surface area contributed by atoms with Crippen LogP contribution in [0, 0.1) is 13.8 Å². The Morgan fingerprint density at radius 2 is 2.18 bits per heavy atom. The standard InChI is InChI=1S/C17H20N4S/c1-10-8-13(12(3)19-10)16-15(14-6-4-5-7-18-14)20-17-21(16)9-11(2)22-17/h4-8,11,15-16,19H,9H2,1-3H3. The molecule has 3 unspecified atom stereocenters. The van der Waals surface area contributed by atoms with Crippen LogP contribution in [-0.2, 0) is 0 Å². The second-order valence-corrected chi connectivity index (χ2v) is 7.58. The number of aliphatic imine (C=N–C) groups is 1. The average Bonchev–Trinajstić information content (AvgIpc) is 3.11. The van der Waals surface area contributed by atoms with Gasteiger partial charge in [-0.05, 0) is 37.6 Å². The maximum Gasteiger partial charge on any atom is 0.160 e. The third-order valence-electron chi connectivity index (χ3n) is 4.39. The van der Waals surface area contributed by atoms with E-state index in [9.17, 15) is 0 Å². The Hall–Kier alpha value is -1.75. The normalized spacial score (nSPS) is 27.1. The van der Waals surface area contributed by atoms with Crippen LogP contribution in [0.3, 0.4) is 0 Å². The number of fused-ring (bicyclic) bond motifs is 1. The number of aromatic nitrogens is 2. The molecule has 3 atom stereocenters. The molecule has 0 bridgehead atoms. The third kappa shape index (κ3) is 2.15. The summed E-state index contributed by atoms with van der Waals surface area (Å²) < 4.78 is 0. The highest BCUT2D eigenvalue weighted by Gasteiger charge is 2.44. The first-order valence-corrected chi connectivity index (χ1v) is 8.59. The third-order valence-corrected chi connectivity index (χ3v) is 5.49. The van der Waals surface area contributed by atoms with Gasteiger partial charge in [0.1, 0.15) is 6.04 Å². The molecule has 2 aromatic rings. The van der Waals surface area contributed by atoms with Crippen molar-refractivity contribution in [2.24, 2.45) is 4.99 Å². The van der Waals surface area contributed by atoms with Crippen molar-refractivity contribution in [3.8, 4) is 0 Å². The zero-order valence-electron chi connectivity index (χ0n) is 13.1. The fourth-order valence-electron chi connectivity index (χ4n) is 3.51. The molecule has 22 heavy (non-hydrogen) atoms. The predicted octanol–water partition coefficient (Wildman–Crippen LogP) is 3.62. The van der Waals surface area contributed by atoms with Gasteiger partial charge in [0.25, 0.3) is 0 Å². The fraction of sp³-hybridized carbons (Fsp3) is 0.412. The molecule has 4 rings (SSSR count). The molecule has 2 aliphatic heterocycles. The van der Waals surface area contributed by atoms with Crippen molar-refractivity contribution in [2.45, 2.75) is 38.1 Å². The monoisotopic (exact) mass is 312 g/mol. The summed E-state index contributed by atoms with van der Waals surface area (Å²) in [5.74, 6) is 0. The number of aromatic amines is 1. The largest absolute Gasteiger partial charge is 0.362 e. The average molecular weight is 312 g/mol. The maximum absolute atomic E-state index is 5.01. The summed E-state index contributed by atoms with van der Waals surface area (Å²) in [4.78, 5) is 15.5. The van der Waals surface area contributed by atoms with E-state index in [1.54, 1.807) is 0 Å². The summed E-state index contributed by atoms with van der Waals surface area (Å²) in [5, 5.41) is 1.78. The van der Waals surface area contributed by atoms with Gasteiger partial charge in [-0.25, -0.2) is 0 Å². The Morgan fingerprint density at radius 3 is 2.86 bits per heavy atom. The number of H-pyrrole nitrogens is 1.